The third-order valence-corrected chi connectivity index (χ3v) is 46.2. The van der Waals surface area contributed by atoms with Crippen LogP contribution in [0.25, 0.3) is 11.3 Å². The van der Waals surface area contributed by atoms with E-state index < -0.39 is 32.3 Å². The minimum atomic E-state index is -1.61. The maximum atomic E-state index is 2.68. The number of hydrogen-bond acceptors (Lipinski definition) is 0. The molecule has 0 N–H and O–H groups in total. The molecular formula is C52H94Mn2Si4+2. The van der Waals surface area contributed by atoms with Crippen molar-refractivity contribution in [1.29, 1.82) is 0 Å². The summed E-state index contributed by atoms with van der Waals surface area (Å²) in [4.78, 5) is 0. The Morgan fingerprint density at radius 3 is 1.17 bits per heavy atom. The summed E-state index contributed by atoms with van der Waals surface area (Å²) < 4.78 is 0. The minimum absolute atomic E-state index is 0. The molecular weight excluding hydrogens is 847 g/mol. The van der Waals surface area contributed by atoms with Gasteiger partial charge in [-0.2, -0.15) is 45.6 Å². The molecule has 0 spiro atoms. The van der Waals surface area contributed by atoms with Gasteiger partial charge in [0.2, 0.25) is 0 Å². The van der Waals surface area contributed by atoms with Crippen LogP contribution in [0.2, 0.25) is 66.5 Å². The number of allylic oxidation sites excluding steroid dienone is 2. The molecule has 0 amide bonds. The van der Waals surface area contributed by atoms with Crippen molar-refractivity contribution in [3.63, 3.8) is 0 Å². The summed E-state index contributed by atoms with van der Waals surface area (Å²) in [5.41, 5.74) is 16.8. The second-order valence-corrected chi connectivity index (χ2v) is 46.3. The molecule has 1 atom stereocenters. The van der Waals surface area contributed by atoms with Gasteiger partial charge in [0.1, 0.15) is 0 Å². The number of rotatable bonds is 16. The molecule has 2 aromatic carbocycles. The molecule has 0 bridgehead atoms. The van der Waals surface area contributed by atoms with E-state index in [1.807, 2.05) is 0 Å². The van der Waals surface area contributed by atoms with Crippen LogP contribution in [0.15, 0.2) is 36.4 Å². The summed E-state index contributed by atoms with van der Waals surface area (Å²) >= 11 is 0. The predicted octanol–water partition coefficient (Wildman–Crippen LogP) is 17.1. The van der Waals surface area contributed by atoms with Gasteiger partial charge in [-0.3, -0.25) is 0 Å². The van der Waals surface area contributed by atoms with E-state index in [1.165, 1.54) is 6.42 Å². The first-order chi connectivity index (χ1) is 25.7. The summed E-state index contributed by atoms with van der Waals surface area (Å²) in [6.45, 7) is 60.1. The van der Waals surface area contributed by atoms with E-state index in [4.69, 9.17) is 0 Å². The molecule has 0 aliphatic heterocycles. The molecule has 6 heteroatoms. The maximum Gasteiger partial charge on any atom is 2.00 e. The molecule has 4 rings (SSSR count). The molecule has 0 heterocycles. The first-order valence-electron chi connectivity index (χ1n) is 23.7. The molecule has 0 nitrogen and oxygen atoms in total. The van der Waals surface area contributed by atoms with Crippen LogP contribution >= 0.6 is 0 Å². The summed E-state index contributed by atoms with van der Waals surface area (Å²) in [5.74, 6) is 0. The predicted molar refractivity (Wildman–Crippen MR) is 271 cm³/mol. The van der Waals surface area contributed by atoms with Gasteiger partial charge >= 0.3 is 34.1 Å². The van der Waals surface area contributed by atoms with E-state index in [0.29, 0.717) is 5.54 Å². The molecule has 2 radical (unpaired) electrons. The molecule has 0 saturated heterocycles. The van der Waals surface area contributed by atoms with Crippen molar-refractivity contribution in [1.82, 2.24) is 0 Å². The van der Waals surface area contributed by atoms with E-state index in [2.05, 4.69) is 209 Å². The number of hydrogen-bond donors (Lipinski definition) is 0. The van der Waals surface area contributed by atoms with Crippen molar-refractivity contribution in [2.24, 2.45) is 0 Å². The fourth-order valence-corrected chi connectivity index (χ4v) is 44.4. The average molecular weight is 942 g/mol. The van der Waals surface area contributed by atoms with Gasteiger partial charge in [0, 0.05) is 16.1 Å². The molecule has 0 fully saturated rings. The topological polar surface area (TPSA) is 0 Å². The van der Waals surface area contributed by atoms with Gasteiger partial charge in [0.05, 0.1) is 16.1 Å². The van der Waals surface area contributed by atoms with Crippen LogP contribution in [0.5, 0.6) is 0 Å². The van der Waals surface area contributed by atoms with Gasteiger partial charge in [-0.05, 0) is 23.0 Å². The zero-order valence-electron chi connectivity index (χ0n) is 42.5. The van der Waals surface area contributed by atoms with Crippen molar-refractivity contribution < 1.29 is 34.1 Å². The zero-order chi connectivity index (χ0) is 43.2. The van der Waals surface area contributed by atoms with Crippen LogP contribution in [0.4, 0.5) is 0 Å². The van der Waals surface area contributed by atoms with E-state index in [0.717, 1.165) is 66.5 Å². The summed E-state index contributed by atoms with van der Waals surface area (Å²) in [6.07, 6.45) is 9.06. The maximum absolute atomic E-state index is 2.68. The van der Waals surface area contributed by atoms with Gasteiger partial charge < -0.3 is 0 Å². The molecule has 0 saturated carbocycles. The van der Waals surface area contributed by atoms with Gasteiger partial charge in [0.25, 0.3) is 0 Å². The normalized spacial score (nSPS) is 16.3. The number of fused-ring (bicyclic) bond motifs is 2. The van der Waals surface area contributed by atoms with E-state index in [1.54, 1.807) is 37.8 Å². The second-order valence-electron chi connectivity index (χ2n) is 22.6. The van der Waals surface area contributed by atoms with Crippen molar-refractivity contribution in [2.45, 2.75) is 245 Å². The SMILES string of the molecule is CC(C)[Si](C1=CCc2c1cc[c-]2[Si](C(C)C)(C(C)C)C(C)C)(C(C)C)C(C)C.CC(C)[Si]([c-]1ccc2c1C=CC2[Si](C(C)C)(C(C)C)C(C)C)(C(C)C)C(C)C.[Mn+2].[Mn+2]. The fourth-order valence-electron chi connectivity index (χ4n) is 16.1. The minimum Gasteiger partial charge on any atom is -0.207 e. The molecule has 330 valence electrons. The molecule has 2 aliphatic carbocycles. The Balaban J connectivity index is 0.000000561. The van der Waals surface area contributed by atoms with Crippen molar-refractivity contribution in [3.05, 3.63) is 58.7 Å². The van der Waals surface area contributed by atoms with Gasteiger partial charge in [0.15, 0.2) is 0 Å². The first-order valence-corrected chi connectivity index (χ1v) is 32.7. The Bertz CT molecular complexity index is 1550. The quantitative estimate of drug-likeness (QED) is 0.116. The van der Waals surface area contributed by atoms with Crippen LogP contribution in [0, 0.1) is 0 Å². The molecule has 58 heavy (non-hydrogen) atoms. The van der Waals surface area contributed by atoms with Gasteiger partial charge in [-0.15, -0.1) is 22.5 Å². The van der Waals surface area contributed by atoms with E-state index >= 15 is 0 Å². The second kappa shape index (κ2) is 21.2. The summed E-state index contributed by atoms with van der Waals surface area (Å²) in [6, 6.07) is 10.3. The summed E-state index contributed by atoms with van der Waals surface area (Å²) in [7, 11) is -6.35. The van der Waals surface area contributed by atoms with Crippen LogP contribution in [-0.4, -0.2) is 32.3 Å². The third kappa shape index (κ3) is 8.67. The molecule has 2 aromatic rings. The van der Waals surface area contributed by atoms with Crippen LogP contribution in [0.1, 0.15) is 194 Å². The summed E-state index contributed by atoms with van der Waals surface area (Å²) in [5, 5.41) is 5.36. The Labute approximate surface area is 388 Å². The van der Waals surface area contributed by atoms with Crippen molar-refractivity contribution >= 4 is 53.9 Å². The largest absolute Gasteiger partial charge is 2.00 e. The zero-order valence-corrected chi connectivity index (χ0v) is 48.9. The van der Waals surface area contributed by atoms with E-state index in [-0.39, 0.29) is 34.1 Å². The Morgan fingerprint density at radius 1 is 0.466 bits per heavy atom. The van der Waals surface area contributed by atoms with Crippen LogP contribution in [0.3, 0.4) is 0 Å². The molecule has 2 aliphatic rings. The van der Waals surface area contributed by atoms with E-state index in [9.17, 15) is 0 Å². The van der Waals surface area contributed by atoms with Crippen molar-refractivity contribution in [2.75, 3.05) is 0 Å². The Kier molecular flexibility index (Phi) is 20.5. The van der Waals surface area contributed by atoms with Gasteiger partial charge in [-0.1, -0.05) is 228 Å². The van der Waals surface area contributed by atoms with Crippen molar-refractivity contribution in [3.8, 4) is 0 Å². The first kappa shape index (κ1) is 56.1. The fraction of sp³-hybridized carbons (Fsp3) is 0.731. The van der Waals surface area contributed by atoms with Crippen LogP contribution < -0.4 is 10.4 Å². The smallest absolute Gasteiger partial charge is 0.207 e. The monoisotopic (exact) mass is 941 g/mol. The van der Waals surface area contributed by atoms with Gasteiger partial charge in [-0.25, -0.2) is 6.07 Å². The molecule has 0 aromatic heterocycles. The standard InChI is InChI=1S/2C26H47Si2.2Mn/c2*1-17(2)27(18(3)4,19(5)6)25-15-13-24-23(25)14-16-26(24)28(20(7)8,21(9)10)22(11)12;;/h13,15-22H,14H2,1-12H3;13-22,25H,1-12H3;;/q2*-1;2*+2. The van der Waals surface area contributed by atoms with Crippen LogP contribution in [-0.2, 0) is 40.6 Å². The third-order valence-electron chi connectivity index (χ3n) is 17.2. The Hall–Kier alpha value is 0.0865. The Morgan fingerprint density at radius 2 is 0.828 bits per heavy atom. The average Bonchev–Trinajstić information content (AvgIpc) is 3.82. The molecule has 1 unspecified atom stereocenters.